The van der Waals surface area contributed by atoms with E-state index in [1.807, 2.05) is 0 Å². The van der Waals surface area contributed by atoms with Crippen molar-refractivity contribution in [1.82, 2.24) is 25.4 Å². The first-order valence-electron chi connectivity index (χ1n) is 8.61. The molecule has 0 fully saturated rings. The van der Waals surface area contributed by atoms with Crippen LogP contribution in [-0.2, 0) is 17.9 Å². The van der Waals surface area contributed by atoms with Crippen molar-refractivity contribution in [1.29, 1.82) is 0 Å². The Balaban J connectivity index is 2.06. The van der Waals surface area contributed by atoms with Crippen molar-refractivity contribution in [3.05, 3.63) is 48.6 Å². The molecule has 10 heteroatoms. The number of benzene rings is 1. The average molecular weight is 407 g/mol. The highest BCUT2D eigenvalue weighted by Gasteiger charge is 2.21. The minimum Gasteiger partial charge on any atom is -0.483 e. The van der Waals surface area contributed by atoms with Crippen molar-refractivity contribution < 1.29 is 18.7 Å². The number of nitrogens with zero attached hydrogens (tertiary/aromatic N) is 3. The number of thioether (sulfide) groups is 1. The molecule has 0 aliphatic carbocycles. The highest BCUT2D eigenvalue weighted by Crippen LogP contribution is 2.24. The Labute approximate surface area is 166 Å². The predicted molar refractivity (Wildman–Crippen MR) is 103 cm³/mol. The largest absolute Gasteiger partial charge is 0.483 e. The number of hydrogen-bond donors (Lipinski definition) is 2. The number of hydrogen-bond acceptors (Lipinski definition) is 6. The van der Waals surface area contributed by atoms with E-state index in [4.69, 9.17) is 4.74 Å². The SMILES string of the molecule is C=CCn1c(COc2ccccc2F)nnc1SC(C)C(=O)NC(=O)NCC. The second-order valence-electron chi connectivity index (χ2n) is 5.63. The van der Waals surface area contributed by atoms with Gasteiger partial charge in [-0.25, -0.2) is 9.18 Å². The van der Waals surface area contributed by atoms with E-state index >= 15 is 0 Å². The van der Waals surface area contributed by atoms with Crippen LogP contribution in [0.15, 0.2) is 42.1 Å². The fraction of sp³-hybridized carbons (Fsp3) is 0.333. The van der Waals surface area contributed by atoms with Gasteiger partial charge in [0, 0.05) is 13.1 Å². The van der Waals surface area contributed by atoms with E-state index in [1.54, 1.807) is 36.6 Å². The Morgan fingerprint density at radius 3 is 2.82 bits per heavy atom. The van der Waals surface area contributed by atoms with Crippen molar-refractivity contribution in [3.63, 3.8) is 0 Å². The molecular formula is C18H22FN5O3S. The number of carbonyl (C=O) groups excluding carboxylic acids is 2. The minimum atomic E-state index is -0.587. The zero-order valence-electron chi connectivity index (χ0n) is 15.6. The van der Waals surface area contributed by atoms with E-state index < -0.39 is 23.0 Å². The molecule has 150 valence electrons. The molecule has 0 aliphatic rings. The summed E-state index contributed by atoms with van der Waals surface area (Å²) in [7, 11) is 0. The lowest BCUT2D eigenvalue weighted by molar-refractivity contribution is -0.119. The van der Waals surface area contributed by atoms with Crippen molar-refractivity contribution in [3.8, 4) is 5.75 Å². The molecule has 2 rings (SSSR count). The maximum atomic E-state index is 13.7. The van der Waals surface area contributed by atoms with Gasteiger partial charge in [-0.1, -0.05) is 30.0 Å². The van der Waals surface area contributed by atoms with E-state index in [1.165, 1.54) is 12.1 Å². The number of amides is 3. The molecule has 0 saturated carbocycles. The van der Waals surface area contributed by atoms with Crippen LogP contribution in [0.3, 0.4) is 0 Å². The molecule has 0 radical (unpaired) electrons. The van der Waals surface area contributed by atoms with E-state index in [0.717, 1.165) is 11.8 Å². The van der Waals surface area contributed by atoms with Crippen LogP contribution in [0.25, 0.3) is 0 Å². The predicted octanol–water partition coefficient (Wildman–Crippen LogP) is 2.51. The van der Waals surface area contributed by atoms with E-state index in [9.17, 15) is 14.0 Å². The van der Waals surface area contributed by atoms with Crippen LogP contribution < -0.4 is 15.4 Å². The van der Waals surface area contributed by atoms with E-state index in [-0.39, 0.29) is 12.4 Å². The quantitative estimate of drug-likeness (QED) is 0.490. The number of rotatable bonds is 9. The molecule has 0 bridgehead atoms. The van der Waals surface area contributed by atoms with Gasteiger partial charge in [0.15, 0.2) is 22.5 Å². The normalized spacial score (nSPS) is 11.5. The average Bonchev–Trinajstić information content (AvgIpc) is 3.03. The number of para-hydroxylation sites is 1. The van der Waals surface area contributed by atoms with Crippen molar-refractivity contribution >= 4 is 23.7 Å². The maximum absolute atomic E-state index is 13.7. The van der Waals surface area contributed by atoms with Gasteiger partial charge < -0.3 is 10.1 Å². The van der Waals surface area contributed by atoms with Crippen LogP contribution in [0, 0.1) is 5.82 Å². The molecule has 1 unspecified atom stereocenters. The lowest BCUT2D eigenvalue weighted by Crippen LogP contribution is -2.42. The molecule has 28 heavy (non-hydrogen) atoms. The molecule has 1 aromatic heterocycles. The standard InChI is InChI=1S/C18H22FN5O3S/c1-4-10-24-15(11-27-14-9-7-6-8-13(14)19)22-23-18(24)28-12(3)16(25)21-17(26)20-5-2/h4,6-9,12H,1,5,10-11H2,2-3H3,(H2,20,21,25,26). The van der Waals surface area contributed by atoms with Crippen LogP contribution in [0.1, 0.15) is 19.7 Å². The summed E-state index contributed by atoms with van der Waals surface area (Å²) in [5.74, 6) is -0.350. The van der Waals surface area contributed by atoms with Gasteiger partial charge in [0.2, 0.25) is 5.91 Å². The van der Waals surface area contributed by atoms with Crippen LogP contribution in [0.2, 0.25) is 0 Å². The van der Waals surface area contributed by atoms with Gasteiger partial charge >= 0.3 is 6.03 Å². The molecule has 2 N–H and O–H groups in total. The number of aromatic nitrogens is 3. The van der Waals surface area contributed by atoms with Gasteiger partial charge in [0.25, 0.3) is 0 Å². The second kappa shape index (κ2) is 10.5. The zero-order valence-corrected chi connectivity index (χ0v) is 16.5. The lowest BCUT2D eigenvalue weighted by Gasteiger charge is -2.13. The van der Waals surface area contributed by atoms with Crippen molar-refractivity contribution in [2.75, 3.05) is 6.54 Å². The van der Waals surface area contributed by atoms with Gasteiger partial charge in [-0.15, -0.1) is 16.8 Å². The summed E-state index contributed by atoms with van der Waals surface area (Å²) in [6.45, 7) is 7.92. The summed E-state index contributed by atoms with van der Waals surface area (Å²) >= 11 is 1.14. The summed E-state index contributed by atoms with van der Waals surface area (Å²) in [4.78, 5) is 23.6. The fourth-order valence-corrected chi connectivity index (χ4v) is 3.04. The third-order valence-corrected chi connectivity index (χ3v) is 4.60. The first kappa shape index (κ1) is 21.4. The molecule has 0 saturated heterocycles. The molecule has 8 nitrogen and oxygen atoms in total. The number of allylic oxidation sites excluding steroid dienone is 1. The Bertz CT molecular complexity index is 842. The van der Waals surface area contributed by atoms with Crippen LogP contribution in [0.5, 0.6) is 5.75 Å². The third kappa shape index (κ3) is 5.81. The van der Waals surface area contributed by atoms with Gasteiger partial charge in [-0.3, -0.25) is 14.7 Å². The highest BCUT2D eigenvalue weighted by molar-refractivity contribution is 8.00. The zero-order chi connectivity index (χ0) is 20.5. The highest BCUT2D eigenvalue weighted by atomic mass is 32.2. The smallest absolute Gasteiger partial charge is 0.321 e. The maximum Gasteiger partial charge on any atom is 0.321 e. The molecule has 3 amide bonds. The Morgan fingerprint density at radius 2 is 2.14 bits per heavy atom. The van der Waals surface area contributed by atoms with Gasteiger partial charge in [-0.2, -0.15) is 0 Å². The number of imide groups is 1. The first-order chi connectivity index (χ1) is 13.5. The van der Waals surface area contributed by atoms with Crippen LogP contribution >= 0.6 is 11.8 Å². The first-order valence-corrected chi connectivity index (χ1v) is 9.49. The van der Waals surface area contributed by atoms with Crippen LogP contribution in [-0.4, -0.2) is 38.5 Å². The summed E-state index contributed by atoms with van der Waals surface area (Å²) < 4.78 is 20.9. The van der Waals surface area contributed by atoms with Gasteiger partial charge in [0.1, 0.15) is 6.61 Å². The summed E-state index contributed by atoms with van der Waals surface area (Å²) in [5, 5.41) is 12.8. The Kier molecular flexibility index (Phi) is 8.00. The van der Waals surface area contributed by atoms with Crippen molar-refractivity contribution in [2.24, 2.45) is 0 Å². The van der Waals surface area contributed by atoms with Crippen molar-refractivity contribution in [2.45, 2.75) is 37.4 Å². The van der Waals surface area contributed by atoms with Gasteiger partial charge in [0.05, 0.1) is 5.25 Å². The monoisotopic (exact) mass is 407 g/mol. The Morgan fingerprint density at radius 1 is 1.39 bits per heavy atom. The molecule has 1 aromatic carbocycles. The molecule has 1 atom stereocenters. The number of urea groups is 1. The van der Waals surface area contributed by atoms with Gasteiger partial charge in [-0.05, 0) is 26.0 Å². The molecule has 1 heterocycles. The third-order valence-electron chi connectivity index (χ3n) is 3.52. The summed E-state index contributed by atoms with van der Waals surface area (Å²) in [5.41, 5.74) is 0. The van der Waals surface area contributed by atoms with E-state index in [2.05, 4.69) is 27.4 Å². The molecule has 0 spiro atoms. The number of nitrogens with one attached hydrogen (secondary N) is 2. The minimum absolute atomic E-state index is 0.00180. The van der Waals surface area contributed by atoms with Crippen LogP contribution in [0.4, 0.5) is 9.18 Å². The lowest BCUT2D eigenvalue weighted by atomic mass is 10.3. The van der Waals surface area contributed by atoms with E-state index in [0.29, 0.717) is 24.1 Å². The molecule has 0 aliphatic heterocycles. The molecular weight excluding hydrogens is 385 g/mol. The Hall–Kier alpha value is -2.88. The summed E-state index contributed by atoms with van der Waals surface area (Å²) in [6.07, 6.45) is 1.65. The molecule has 2 aromatic rings. The summed E-state index contributed by atoms with van der Waals surface area (Å²) in [6, 6.07) is 5.52. The number of carbonyl (C=O) groups is 2. The fourth-order valence-electron chi connectivity index (χ4n) is 2.16. The topological polar surface area (TPSA) is 98.1 Å². The number of ether oxygens (including phenoxy) is 1. The second-order valence-corrected chi connectivity index (χ2v) is 6.93. The number of halogens is 1.